The first-order valence-corrected chi connectivity index (χ1v) is 7.58. The topological polar surface area (TPSA) is 81.6 Å². The Balaban J connectivity index is 1.70. The molecule has 5 heteroatoms. The van der Waals surface area contributed by atoms with E-state index in [1.165, 1.54) is 0 Å². The first kappa shape index (κ1) is 15.5. The summed E-state index contributed by atoms with van der Waals surface area (Å²) in [5.41, 5.74) is 2.99. The fourth-order valence-electron chi connectivity index (χ4n) is 2.37. The number of nitrogens with zero attached hydrogens (tertiary/aromatic N) is 2. The van der Waals surface area contributed by atoms with Crippen LogP contribution in [0, 0.1) is 11.3 Å². The summed E-state index contributed by atoms with van der Waals surface area (Å²) >= 11 is 0. The van der Waals surface area contributed by atoms with E-state index in [4.69, 9.17) is 5.26 Å². The molecule has 1 atom stereocenters. The van der Waals surface area contributed by atoms with Crippen LogP contribution in [0.3, 0.4) is 0 Å². The number of H-pyrrole nitrogens is 1. The average Bonchev–Trinajstić information content (AvgIpc) is 3.13. The van der Waals surface area contributed by atoms with Gasteiger partial charge in [-0.15, -0.1) is 0 Å². The molecular formula is C19H16N4O. The molecule has 0 saturated carbocycles. The van der Waals surface area contributed by atoms with Gasteiger partial charge < -0.3 is 10.3 Å². The maximum Gasteiger partial charge on any atom is 0.251 e. The molecule has 3 aromatic rings. The Kier molecular flexibility index (Phi) is 4.39. The van der Waals surface area contributed by atoms with Gasteiger partial charge >= 0.3 is 0 Å². The van der Waals surface area contributed by atoms with Crippen LogP contribution in [0.5, 0.6) is 0 Å². The summed E-state index contributed by atoms with van der Waals surface area (Å²) in [7, 11) is 0. The van der Waals surface area contributed by atoms with Gasteiger partial charge in [-0.3, -0.25) is 4.79 Å². The highest BCUT2D eigenvalue weighted by Gasteiger charge is 2.14. The van der Waals surface area contributed by atoms with Crippen LogP contribution in [-0.2, 0) is 0 Å². The van der Waals surface area contributed by atoms with Crippen LogP contribution in [-0.4, -0.2) is 15.9 Å². The van der Waals surface area contributed by atoms with Gasteiger partial charge in [-0.2, -0.15) is 5.26 Å². The van der Waals surface area contributed by atoms with Crippen molar-refractivity contribution >= 4 is 5.91 Å². The highest BCUT2D eigenvalue weighted by Crippen LogP contribution is 2.19. The molecule has 2 N–H and O–H groups in total. The first-order chi connectivity index (χ1) is 11.7. The van der Waals surface area contributed by atoms with Crippen molar-refractivity contribution in [3.8, 4) is 17.3 Å². The SMILES string of the molecule is C[C@@H](NC(=O)c1ccc(C#N)cc1)c1ncc(-c2ccccc2)[nH]1. The lowest BCUT2D eigenvalue weighted by Crippen LogP contribution is -2.27. The highest BCUT2D eigenvalue weighted by atomic mass is 16.1. The minimum Gasteiger partial charge on any atom is -0.342 e. The molecule has 0 aliphatic carbocycles. The Morgan fingerprint density at radius 1 is 1.17 bits per heavy atom. The number of hydrogen-bond donors (Lipinski definition) is 2. The number of aromatic amines is 1. The quantitative estimate of drug-likeness (QED) is 0.773. The van der Waals surface area contributed by atoms with Gasteiger partial charge in [0.15, 0.2) is 0 Å². The summed E-state index contributed by atoms with van der Waals surface area (Å²) in [5, 5.41) is 11.7. The van der Waals surface area contributed by atoms with Gasteiger partial charge in [0.1, 0.15) is 5.82 Å². The van der Waals surface area contributed by atoms with Crippen LogP contribution >= 0.6 is 0 Å². The molecule has 0 aliphatic heterocycles. The number of nitriles is 1. The summed E-state index contributed by atoms with van der Waals surface area (Å²) in [6.45, 7) is 1.87. The molecule has 0 spiro atoms. The number of carbonyl (C=O) groups is 1. The normalized spacial score (nSPS) is 11.5. The number of nitrogens with one attached hydrogen (secondary N) is 2. The minimum atomic E-state index is -0.259. The van der Waals surface area contributed by atoms with Gasteiger partial charge in [0, 0.05) is 5.56 Å². The molecule has 24 heavy (non-hydrogen) atoms. The molecule has 0 radical (unpaired) electrons. The van der Waals surface area contributed by atoms with Crippen molar-refractivity contribution in [3.63, 3.8) is 0 Å². The third kappa shape index (κ3) is 3.33. The number of imidazole rings is 1. The van der Waals surface area contributed by atoms with Crippen molar-refractivity contribution in [1.29, 1.82) is 5.26 Å². The van der Waals surface area contributed by atoms with Crippen molar-refractivity contribution in [3.05, 3.63) is 77.7 Å². The molecule has 0 aliphatic rings. The van der Waals surface area contributed by atoms with Crippen molar-refractivity contribution in [1.82, 2.24) is 15.3 Å². The van der Waals surface area contributed by atoms with E-state index in [2.05, 4.69) is 15.3 Å². The van der Waals surface area contributed by atoms with Gasteiger partial charge in [0.05, 0.1) is 29.6 Å². The molecule has 0 fully saturated rings. The number of rotatable bonds is 4. The molecule has 1 amide bonds. The van der Waals surface area contributed by atoms with Crippen molar-refractivity contribution in [2.24, 2.45) is 0 Å². The van der Waals surface area contributed by atoms with Gasteiger partial charge in [0.2, 0.25) is 0 Å². The van der Waals surface area contributed by atoms with Crippen molar-refractivity contribution in [2.45, 2.75) is 13.0 Å². The molecule has 0 bridgehead atoms. The second-order valence-corrected chi connectivity index (χ2v) is 5.43. The summed E-state index contributed by atoms with van der Waals surface area (Å²) in [4.78, 5) is 19.9. The fourth-order valence-corrected chi connectivity index (χ4v) is 2.37. The third-order valence-corrected chi connectivity index (χ3v) is 3.71. The van der Waals surface area contributed by atoms with Crippen LogP contribution in [0.4, 0.5) is 0 Å². The van der Waals surface area contributed by atoms with Gasteiger partial charge in [0.25, 0.3) is 5.91 Å². The van der Waals surface area contributed by atoms with E-state index in [-0.39, 0.29) is 11.9 Å². The van der Waals surface area contributed by atoms with Gasteiger partial charge in [-0.25, -0.2) is 4.98 Å². The maximum atomic E-state index is 12.3. The monoisotopic (exact) mass is 316 g/mol. The number of hydrogen-bond acceptors (Lipinski definition) is 3. The lowest BCUT2D eigenvalue weighted by molar-refractivity contribution is 0.0938. The molecule has 2 aromatic carbocycles. The van der Waals surface area contributed by atoms with E-state index in [1.807, 2.05) is 43.3 Å². The third-order valence-electron chi connectivity index (χ3n) is 3.71. The number of aromatic nitrogens is 2. The van der Waals surface area contributed by atoms with Crippen LogP contribution < -0.4 is 5.32 Å². The lowest BCUT2D eigenvalue weighted by Gasteiger charge is -2.11. The van der Waals surface area contributed by atoms with Crippen molar-refractivity contribution < 1.29 is 4.79 Å². The van der Waals surface area contributed by atoms with E-state index in [9.17, 15) is 4.79 Å². The molecule has 5 nitrogen and oxygen atoms in total. The largest absolute Gasteiger partial charge is 0.342 e. The molecule has 0 saturated heterocycles. The second kappa shape index (κ2) is 6.80. The zero-order valence-electron chi connectivity index (χ0n) is 13.2. The standard InChI is InChI=1S/C19H16N4O/c1-13(22-19(24)16-9-7-14(11-20)8-10-16)18-21-12-17(23-18)15-5-3-2-4-6-15/h2-10,12-13H,1H3,(H,21,23)(H,22,24)/t13-/m1/s1. The number of benzene rings is 2. The minimum absolute atomic E-state index is 0.204. The lowest BCUT2D eigenvalue weighted by atomic mass is 10.1. The summed E-state index contributed by atoms with van der Waals surface area (Å²) < 4.78 is 0. The average molecular weight is 316 g/mol. The van der Waals surface area contributed by atoms with E-state index < -0.39 is 0 Å². The summed E-state index contributed by atoms with van der Waals surface area (Å²) in [6, 6.07) is 18.2. The zero-order chi connectivity index (χ0) is 16.9. The summed E-state index contributed by atoms with van der Waals surface area (Å²) in [5.74, 6) is 0.487. The second-order valence-electron chi connectivity index (χ2n) is 5.43. The Morgan fingerprint density at radius 3 is 2.54 bits per heavy atom. The van der Waals surface area contributed by atoms with Crippen LogP contribution in [0.25, 0.3) is 11.3 Å². The smallest absolute Gasteiger partial charge is 0.251 e. The molecule has 118 valence electrons. The van der Waals surface area contributed by atoms with Crippen LogP contribution in [0.1, 0.15) is 34.7 Å². The molecule has 1 heterocycles. The predicted octanol–water partition coefficient (Wildman–Crippen LogP) is 3.44. The predicted molar refractivity (Wildman–Crippen MR) is 91.1 cm³/mol. The Labute approximate surface area is 140 Å². The molecule has 1 aromatic heterocycles. The molecule has 0 unspecified atom stereocenters. The van der Waals surface area contributed by atoms with Gasteiger partial charge in [-0.1, -0.05) is 30.3 Å². The fraction of sp³-hybridized carbons (Fsp3) is 0.105. The number of carbonyl (C=O) groups excluding carboxylic acids is 1. The Bertz CT molecular complexity index is 876. The maximum absolute atomic E-state index is 12.3. The zero-order valence-corrected chi connectivity index (χ0v) is 13.2. The molecule has 3 rings (SSSR count). The Morgan fingerprint density at radius 2 is 1.88 bits per heavy atom. The van der Waals surface area contributed by atoms with Crippen molar-refractivity contribution in [2.75, 3.05) is 0 Å². The van der Waals surface area contributed by atoms with Gasteiger partial charge in [-0.05, 0) is 36.8 Å². The number of amides is 1. The molecular weight excluding hydrogens is 300 g/mol. The van der Waals surface area contributed by atoms with Crippen LogP contribution in [0.2, 0.25) is 0 Å². The Hall–Kier alpha value is -3.39. The van der Waals surface area contributed by atoms with E-state index in [0.29, 0.717) is 17.0 Å². The van der Waals surface area contributed by atoms with Crippen LogP contribution in [0.15, 0.2) is 60.8 Å². The van der Waals surface area contributed by atoms with E-state index in [1.54, 1.807) is 30.5 Å². The first-order valence-electron chi connectivity index (χ1n) is 7.58. The highest BCUT2D eigenvalue weighted by molar-refractivity contribution is 5.94. The summed E-state index contributed by atoms with van der Waals surface area (Å²) in [6.07, 6.45) is 1.76. The van der Waals surface area contributed by atoms with E-state index in [0.717, 1.165) is 11.3 Å². The van der Waals surface area contributed by atoms with E-state index >= 15 is 0 Å².